The van der Waals surface area contributed by atoms with Gasteiger partial charge in [0.2, 0.25) is 0 Å². The zero-order valence-corrected chi connectivity index (χ0v) is 14.0. The van der Waals surface area contributed by atoms with Crippen molar-refractivity contribution in [3.63, 3.8) is 0 Å². The number of thiophene rings is 1. The lowest BCUT2D eigenvalue weighted by Gasteiger charge is -2.15. The Morgan fingerprint density at radius 3 is 2.62 bits per heavy atom. The Kier molecular flexibility index (Phi) is 5.43. The first kappa shape index (κ1) is 16.1. The molecule has 0 atom stereocenters. The van der Waals surface area contributed by atoms with E-state index in [4.69, 9.17) is 5.11 Å². The molecular weight excluding hydrogens is 278 g/mol. The Bertz CT molecular complexity index is 569. The Hall–Kier alpha value is -1.32. The van der Waals surface area contributed by atoms with E-state index in [0.29, 0.717) is 0 Å². The van der Waals surface area contributed by atoms with Gasteiger partial charge < -0.3 is 10.4 Å². The van der Waals surface area contributed by atoms with Gasteiger partial charge in [-0.2, -0.15) is 0 Å². The summed E-state index contributed by atoms with van der Waals surface area (Å²) in [5.74, 6) is 0. The largest absolute Gasteiger partial charge is 0.396 e. The Labute approximate surface area is 131 Å². The summed E-state index contributed by atoms with van der Waals surface area (Å²) in [7, 11) is 0. The van der Waals surface area contributed by atoms with Crippen LogP contribution in [0.25, 0.3) is 0 Å². The molecule has 0 fully saturated rings. The lowest BCUT2D eigenvalue weighted by Crippen LogP contribution is -2.07. The van der Waals surface area contributed by atoms with Gasteiger partial charge in [0.25, 0.3) is 0 Å². The first-order valence-corrected chi connectivity index (χ1v) is 8.33. The van der Waals surface area contributed by atoms with Crippen molar-refractivity contribution in [3.8, 4) is 0 Å². The van der Waals surface area contributed by atoms with Crippen LogP contribution in [0.5, 0.6) is 0 Å². The van der Waals surface area contributed by atoms with Gasteiger partial charge in [0.15, 0.2) is 0 Å². The fraction of sp³-hybridized carbons (Fsp3) is 0.444. The molecule has 3 heteroatoms. The van der Waals surface area contributed by atoms with Crippen LogP contribution in [-0.2, 0) is 18.4 Å². The molecule has 0 saturated carbocycles. The van der Waals surface area contributed by atoms with Gasteiger partial charge >= 0.3 is 0 Å². The molecule has 1 aromatic heterocycles. The first-order valence-electron chi connectivity index (χ1n) is 7.52. The van der Waals surface area contributed by atoms with E-state index in [9.17, 15) is 0 Å². The summed E-state index contributed by atoms with van der Waals surface area (Å²) in [5.41, 5.74) is 2.65. The minimum absolute atomic E-state index is 0.229. The van der Waals surface area contributed by atoms with Crippen LogP contribution in [0, 0.1) is 0 Å². The zero-order valence-electron chi connectivity index (χ0n) is 13.1. The molecule has 1 aromatic carbocycles. The molecule has 2 N–H and O–H groups in total. The summed E-state index contributed by atoms with van der Waals surface area (Å²) < 4.78 is 0. The highest BCUT2D eigenvalue weighted by atomic mass is 32.1. The molecule has 0 aliphatic heterocycles. The molecule has 1 heterocycles. The molecule has 0 aliphatic carbocycles. The molecule has 21 heavy (non-hydrogen) atoms. The summed E-state index contributed by atoms with van der Waals surface area (Å²) in [5, 5.41) is 12.4. The summed E-state index contributed by atoms with van der Waals surface area (Å²) in [6.45, 7) is 7.87. The first-order chi connectivity index (χ1) is 9.99. The molecule has 2 aromatic rings. The number of anilines is 1. The van der Waals surface area contributed by atoms with Crippen LogP contribution in [-0.4, -0.2) is 11.7 Å². The third kappa shape index (κ3) is 4.87. The second-order valence-electron chi connectivity index (χ2n) is 6.40. The van der Waals surface area contributed by atoms with Crippen LogP contribution in [0.15, 0.2) is 36.4 Å². The molecule has 0 radical (unpaired) electrons. The maximum Gasteiger partial charge on any atom is 0.0494 e. The van der Waals surface area contributed by atoms with E-state index in [-0.39, 0.29) is 12.0 Å². The third-order valence-electron chi connectivity index (χ3n) is 3.42. The van der Waals surface area contributed by atoms with Crippen molar-refractivity contribution in [1.29, 1.82) is 0 Å². The van der Waals surface area contributed by atoms with E-state index in [2.05, 4.69) is 62.5 Å². The summed E-state index contributed by atoms with van der Waals surface area (Å²) >= 11 is 1.88. The van der Waals surface area contributed by atoms with E-state index in [0.717, 1.165) is 25.1 Å². The predicted molar refractivity (Wildman–Crippen MR) is 92.2 cm³/mol. The highest BCUT2D eigenvalue weighted by Crippen LogP contribution is 2.29. The van der Waals surface area contributed by atoms with Crippen LogP contribution in [0.2, 0.25) is 0 Å². The van der Waals surface area contributed by atoms with Crippen molar-refractivity contribution in [2.75, 3.05) is 11.9 Å². The number of benzene rings is 1. The highest BCUT2D eigenvalue weighted by Gasteiger charge is 2.15. The molecule has 0 bridgehead atoms. The average Bonchev–Trinajstić information content (AvgIpc) is 2.92. The smallest absolute Gasteiger partial charge is 0.0494 e. The van der Waals surface area contributed by atoms with Crippen molar-refractivity contribution < 1.29 is 5.11 Å². The van der Waals surface area contributed by atoms with Gasteiger partial charge in [-0.15, -0.1) is 11.3 Å². The SMILES string of the molecule is CC(C)(C)c1ccc(CNc2cccc(CCCO)c2)s1. The second-order valence-corrected chi connectivity index (χ2v) is 7.57. The van der Waals surface area contributed by atoms with Crippen molar-refractivity contribution >= 4 is 17.0 Å². The van der Waals surface area contributed by atoms with E-state index < -0.39 is 0 Å². The van der Waals surface area contributed by atoms with Crippen molar-refractivity contribution in [1.82, 2.24) is 0 Å². The number of hydrogen-bond donors (Lipinski definition) is 2. The van der Waals surface area contributed by atoms with Crippen molar-refractivity contribution in [2.45, 2.75) is 45.6 Å². The van der Waals surface area contributed by atoms with Gasteiger partial charge in [0.1, 0.15) is 0 Å². The Morgan fingerprint density at radius 1 is 1.14 bits per heavy atom. The van der Waals surface area contributed by atoms with Gasteiger partial charge in [-0.1, -0.05) is 32.9 Å². The summed E-state index contributed by atoms with van der Waals surface area (Å²) in [6, 6.07) is 12.9. The summed E-state index contributed by atoms with van der Waals surface area (Å²) in [4.78, 5) is 2.79. The number of rotatable bonds is 6. The maximum atomic E-state index is 8.90. The van der Waals surface area contributed by atoms with Gasteiger partial charge in [-0.05, 0) is 48.1 Å². The minimum Gasteiger partial charge on any atom is -0.396 e. The second kappa shape index (κ2) is 7.10. The average molecular weight is 303 g/mol. The molecule has 2 nitrogen and oxygen atoms in total. The van der Waals surface area contributed by atoms with Crippen LogP contribution in [0.4, 0.5) is 5.69 Å². The number of hydrogen-bond acceptors (Lipinski definition) is 3. The van der Waals surface area contributed by atoms with Gasteiger partial charge in [0.05, 0.1) is 0 Å². The van der Waals surface area contributed by atoms with Crippen LogP contribution < -0.4 is 5.32 Å². The van der Waals surface area contributed by atoms with E-state index in [1.54, 1.807) is 0 Å². The minimum atomic E-state index is 0.229. The molecule has 0 unspecified atom stereocenters. The molecule has 114 valence electrons. The van der Waals surface area contributed by atoms with E-state index in [1.165, 1.54) is 15.3 Å². The highest BCUT2D eigenvalue weighted by molar-refractivity contribution is 7.12. The van der Waals surface area contributed by atoms with Gasteiger partial charge in [-0.3, -0.25) is 0 Å². The lowest BCUT2D eigenvalue weighted by atomic mass is 9.95. The Balaban J connectivity index is 1.95. The molecule has 0 amide bonds. The number of aliphatic hydroxyl groups excluding tert-OH is 1. The fourth-order valence-electron chi connectivity index (χ4n) is 2.19. The van der Waals surface area contributed by atoms with Crippen molar-refractivity contribution in [3.05, 3.63) is 51.7 Å². The maximum absolute atomic E-state index is 8.90. The normalized spacial score (nSPS) is 11.6. The number of aliphatic hydroxyl groups is 1. The summed E-state index contributed by atoms with van der Waals surface area (Å²) in [6.07, 6.45) is 1.75. The quantitative estimate of drug-likeness (QED) is 0.818. The molecule has 2 rings (SSSR count). The zero-order chi connectivity index (χ0) is 15.3. The third-order valence-corrected chi connectivity index (χ3v) is 4.93. The van der Waals surface area contributed by atoms with Gasteiger partial charge in [0, 0.05) is 28.6 Å². The molecule has 0 saturated heterocycles. The van der Waals surface area contributed by atoms with E-state index >= 15 is 0 Å². The number of nitrogens with one attached hydrogen (secondary N) is 1. The van der Waals surface area contributed by atoms with Crippen LogP contribution >= 0.6 is 11.3 Å². The van der Waals surface area contributed by atoms with Crippen molar-refractivity contribution in [2.24, 2.45) is 0 Å². The molecule has 0 aliphatic rings. The van der Waals surface area contributed by atoms with Crippen LogP contribution in [0.1, 0.15) is 42.5 Å². The topological polar surface area (TPSA) is 32.3 Å². The predicted octanol–water partition coefficient (Wildman–Crippen LogP) is 4.58. The molecular formula is C18H25NOS. The number of aryl methyl sites for hydroxylation is 1. The Morgan fingerprint density at radius 2 is 1.95 bits per heavy atom. The van der Waals surface area contributed by atoms with Crippen LogP contribution in [0.3, 0.4) is 0 Å². The van der Waals surface area contributed by atoms with Gasteiger partial charge in [-0.25, -0.2) is 0 Å². The van der Waals surface area contributed by atoms with E-state index in [1.807, 2.05) is 11.3 Å². The fourth-order valence-corrected chi connectivity index (χ4v) is 3.19. The molecule has 0 spiro atoms. The standard InChI is InChI=1S/C18H25NOS/c1-18(2,3)17-10-9-16(21-17)13-19-15-8-4-6-14(12-15)7-5-11-20/h4,6,8-10,12,19-20H,5,7,11,13H2,1-3H3. The monoisotopic (exact) mass is 303 g/mol. The lowest BCUT2D eigenvalue weighted by molar-refractivity contribution is 0.288.